The Morgan fingerprint density at radius 3 is 3.00 bits per heavy atom. The number of rotatable bonds is 2. The van der Waals surface area contributed by atoms with Crippen molar-refractivity contribution in [2.24, 2.45) is 0 Å². The summed E-state index contributed by atoms with van der Waals surface area (Å²) in [7, 11) is 0. The number of para-hydroxylation sites is 1. The van der Waals surface area contributed by atoms with Gasteiger partial charge in [0.25, 0.3) is 0 Å². The first kappa shape index (κ1) is 10.4. The zero-order valence-electron chi connectivity index (χ0n) is 9.39. The Balaban J connectivity index is 1.92. The standard InChI is InChI=1S/C13H14N2O2/c16-12-6-2-1-4-9(12)13-15-11(8-17-13)10-5-3-7-14-10/h1-2,4,6,8,10,14,16H,3,5,7H2. The molecule has 0 aliphatic carbocycles. The maximum atomic E-state index is 9.72. The van der Waals surface area contributed by atoms with Crippen molar-refractivity contribution in [3.8, 4) is 17.2 Å². The van der Waals surface area contributed by atoms with Crippen LogP contribution in [0, 0.1) is 0 Å². The molecule has 1 saturated heterocycles. The number of phenolic OH excluding ortho intramolecular Hbond substituents is 1. The van der Waals surface area contributed by atoms with Crippen molar-refractivity contribution in [1.82, 2.24) is 10.3 Å². The van der Waals surface area contributed by atoms with E-state index in [4.69, 9.17) is 4.42 Å². The molecule has 0 bridgehead atoms. The van der Waals surface area contributed by atoms with Gasteiger partial charge >= 0.3 is 0 Å². The van der Waals surface area contributed by atoms with Crippen LogP contribution in [0.5, 0.6) is 5.75 Å². The summed E-state index contributed by atoms with van der Waals surface area (Å²) < 4.78 is 5.43. The molecule has 1 aliphatic rings. The molecule has 1 aromatic heterocycles. The number of nitrogens with zero attached hydrogens (tertiary/aromatic N) is 1. The van der Waals surface area contributed by atoms with E-state index in [0.29, 0.717) is 17.5 Å². The molecule has 4 nitrogen and oxygen atoms in total. The Labute approximate surface area is 99.3 Å². The Bertz CT molecular complexity index is 516. The van der Waals surface area contributed by atoms with Crippen molar-refractivity contribution in [1.29, 1.82) is 0 Å². The number of aromatic nitrogens is 1. The monoisotopic (exact) mass is 230 g/mol. The first-order valence-electron chi connectivity index (χ1n) is 5.82. The van der Waals surface area contributed by atoms with E-state index in [0.717, 1.165) is 18.7 Å². The topological polar surface area (TPSA) is 58.3 Å². The van der Waals surface area contributed by atoms with Crippen LogP contribution in [-0.4, -0.2) is 16.6 Å². The van der Waals surface area contributed by atoms with Gasteiger partial charge in [-0.25, -0.2) is 4.98 Å². The van der Waals surface area contributed by atoms with Gasteiger partial charge in [0.05, 0.1) is 17.3 Å². The third-order valence-electron chi connectivity index (χ3n) is 3.07. The molecule has 2 heterocycles. The highest BCUT2D eigenvalue weighted by atomic mass is 16.3. The van der Waals surface area contributed by atoms with Crippen LogP contribution in [0.4, 0.5) is 0 Å². The zero-order valence-corrected chi connectivity index (χ0v) is 9.39. The lowest BCUT2D eigenvalue weighted by Gasteiger charge is -2.03. The van der Waals surface area contributed by atoms with Gasteiger partial charge in [-0.15, -0.1) is 0 Å². The smallest absolute Gasteiger partial charge is 0.229 e. The number of hydrogen-bond donors (Lipinski definition) is 2. The fourth-order valence-electron chi connectivity index (χ4n) is 2.16. The van der Waals surface area contributed by atoms with Gasteiger partial charge in [0.2, 0.25) is 5.89 Å². The Hall–Kier alpha value is -1.81. The van der Waals surface area contributed by atoms with E-state index in [1.165, 1.54) is 6.42 Å². The van der Waals surface area contributed by atoms with E-state index >= 15 is 0 Å². The van der Waals surface area contributed by atoms with E-state index in [1.807, 2.05) is 6.07 Å². The SMILES string of the molecule is Oc1ccccc1-c1nc(C2CCCN2)co1. The quantitative estimate of drug-likeness (QED) is 0.832. The summed E-state index contributed by atoms with van der Waals surface area (Å²) in [6.45, 7) is 1.03. The second-order valence-electron chi connectivity index (χ2n) is 4.24. The van der Waals surface area contributed by atoms with Gasteiger partial charge in [-0.05, 0) is 31.5 Å². The van der Waals surface area contributed by atoms with Gasteiger partial charge in [0.1, 0.15) is 12.0 Å². The molecular weight excluding hydrogens is 216 g/mol. The average molecular weight is 230 g/mol. The lowest BCUT2D eigenvalue weighted by molar-refractivity contribution is 0.473. The number of hydrogen-bond acceptors (Lipinski definition) is 4. The molecule has 2 aromatic rings. The number of benzene rings is 1. The Morgan fingerprint density at radius 1 is 1.35 bits per heavy atom. The van der Waals surface area contributed by atoms with E-state index in [1.54, 1.807) is 24.5 Å². The van der Waals surface area contributed by atoms with Gasteiger partial charge in [-0.2, -0.15) is 0 Å². The zero-order chi connectivity index (χ0) is 11.7. The van der Waals surface area contributed by atoms with Crippen LogP contribution in [0.3, 0.4) is 0 Å². The van der Waals surface area contributed by atoms with Crippen LogP contribution in [0.25, 0.3) is 11.5 Å². The highest BCUT2D eigenvalue weighted by Crippen LogP contribution is 2.30. The molecule has 17 heavy (non-hydrogen) atoms. The van der Waals surface area contributed by atoms with Crippen molar-refractivity contribution in [3.05, 3.63) is 36.2 Å². The molecule has 3 rings (SSSR count). The van der Waals surface area contributed by atoms with Crippen molar-refractivity contribution < 1.29 is 9.52 Å². The molecular formula is C13H14N2O2. The van der Waals surface area contributed by atoms with Crippen LogP contribution in [-0.2, 0) is 0 Å². The number of aromatic hydroxyl groups is 1. The van der Waals surface area contributed by atoms with Gasteiger partial charge < -0.3 is 14.8 Å². The summed E-state index contributed by atoms with van der Waals surface area (Å²) >= 11 is 0. The Morgan fingerprint density at radius 2 is 2.24 bits per heavy atom. The second kappa shape index (κ2) is 4.22. The first-order valence-corrected chi connectivity index (χ1v) is 5.82. The van der Waals surface area contributed by atoms with Crippen LogP contribution in [0.1, 0.15) is 24.6 Å². The van der Waals surface area contributed by atoms with E-state index in [2.05, 4.69) is 10.3 Å². The molecule has 2 N–H and O–H groups in total. The number of phenols is 1. The summed E-state index contributed by atoms with van der Waals surface area (Å²) in [5.74, 6) is 0.673. The molecule has 1 aliphatic heterocycles. The normalized spacial score (nSPS) is 19.6. The summed E-state index contributed by atoms with van der Waals surface area (Å²) in [4.78, 5) is 4.43. The third kappa shape index (κ3) is 1.91. The van der Waals surface area contributed by atoms with Gasteiger partial charge in [0, 0.05) is 0 Å². The van der Waals surface area contributed by atoms with E-state index in [-0.39, 0.29) is 5.75 Å². The van der Waals surface area contributed by atoms with Crippen molar-refractivity contribution in [2.75, 3.05) is 6.54 Å². The van der Waals surface area contributed by atoms with E-state index in [9.17, 15) is 5.11 Å². The molecule has 88 valence electrons. The van der Waals surface area contributed by atoms with Crippen LogP contribution in [0.15, 0.2) is 34.9 Å². The number of nitrogens with one attached hydrogen (secondary N) is 1. The van der Waals surface area contributed by atoms with Crippen LogP contribution >= 0.6 is 0 Å². The maximum Gasteiger partial charge on any atom is 0.229 e. The van der Waals surface area contributed by atoms with Crippen molar-refractivity contribution in [3.63, 3.8) is 0 Å². The third-order valence-corrected chi connectivity index (χ3v) is 3.07. The summed E-state index contributed by atoms with van der Waals surface area (Å²) in [6, 6.07) is 7.35. The summed E-state index contributed by atoms with van der Waals surface area (Å²) in [5.41, 5.74) is 1.55. The van der Waals surface area contributed by atoms with Gasteiger partial charge in [0.15, 0.2) is 0 Å². The fraction of sp³-hybridized carbons (Fsp3) is 0.308. The molecule has 1 unspecified atom stereocenters. The van der Waals surface area contributed by atoms with E-state index < -0.39 is 0 Å². The molecule has 0 saturated carbocycles. The minimum Gasteiger partial charge on any atom is -0.507 e. The first-order chi connectivity index (χ1) is 8.34. The predicted octanol–water partition coefficient (Wildman–Crippen LogP) is 2.47. The molecule has 0 radical (unpaired) electrons. The maximum absolute atomic E-state index is 9.72. The number of oxazole rings is 1. The molecule has 1 atom stereocenters. The fourth-order valence-corrected chi connectivity index (χ4v) is 2.16. The highest BCUT2D eigenvalue weighted by Gasteiger charge is 2.20. The second-order valence-corrected chi connectivity index (χ2v) is 4.24. The highest BCUT2D eigenvalue weighted by molar-refractivity contribution is 5.61. The predicted molar refractivity (Wildman–Crippen MR) is 63.6 cm³/mol. The summed E-state index contributed by atoms with van der Waals surface area (Å²) in [6.07, 6.45) is 3.93. The van der Waals surface area contributed by atoms with Crippen LogP contribution in [0.2, 0.25) is 0 Å². The average Bonchev–Trinajstić information content (AvgIpc) is 3.00. The summed E-state index contributed by atoms with van der Waals surface area (Å²) in [5, 5.41) is 13.1. The largest absolute Gasteiger partial charge is 0.507 e. The molecule has 4 heteroatoms. The van der Waals surface area contributed by atoms with Crippen molar-refractivity contribution >= 4 is 0 Å². The molecule has 0 amide bonds. The minimum atomic E-state index is 0.195. The molecule has 1 fully saturated rings. The van der Waals surface area contributed by atoms with Crippen LogP contribution < -0.4 is 5.32 Å². The lowest BCUT2D eigenvalue weighted by Crippen LogP contribution is -2.12. The minimum absolute atomic E-state index is 0.195. The van der Waals surface area contributed by atoms with Gasteiger partial charge in [-0.3, -0.25) is 0 Å². The molecule has 1 aromatic carbocycles. The molecule has 0 spiro atoms. The Kier molecular flexibility index (Phi) is 2.57. The lowest BCUT2D eigenvalue weighted by atomic mass is 10.2. The van der Waals surface area contributed by atoms with Crippen molar-refractivity contribution in [2.45, 2.75) is 18.9 Å². The van der Waals surface area contributed by atoms with Gasteiger partial charge in [-0.1, -0.05) is 12.1 Å².